The monoisotopic (exact) mass is 248 g/mol. The van der Waals surface area contributed by atoms with Gasteiger partial charge in [0.15, 0.2) is 0 Å². The van der Waals surface area contributed by atoms with E-state index in [0.717, 1.165) is 19.6 Å². The van der Waals surface area contributed by atoms with Crippen molar-refractivity contribution in [2.24, 2.45) is 0 Å². The molecule has 0 fully saturated rings. The minimum Gasteiger partial charge on any atom is -0.318 e. The highest BCUT2D eigenvalue weighted by atomic mass is 79.9. The Kier molecular flexibility index (Phi) is 4.83. The standard InChI is InChI=1S/C8H13BrN2S/c1-10-2-3-11-5-8-4-7(9)6-12-8/h4,6,10-11H,2-3,5H2,1H3. The zero-order valence-electron chi connectivity index (χ0n) is 7.06. The molecule has 4 heteroatoms. The van der Waals surface area contributed by atoms with Crippen LogP contribution in [0.3, 0.4) is 0 Å². The third-order valence-electron chi connectivity index (χ3n) is 1.47. The lowest BCUT2D eigenvalue weighted by Gasteiger charge is -2.00. The van der Waals surface area contributed by atoms with Crippen LogP contribution >= 0.6 is 27.3 Å². The molecule has 1 heterocycles. The molecule has 0 aliphatic rings. The summed E-state index contributed by atoms with van der Waals surface area (Å²) in [5, 5.41) is 8.54. The van der Waals surface area contributed by atoms with E-state index in [4.69, 9.17) is 0 Å². The molecule has 12 heavy (non-hydrogen) atoms. The Morgan fingerprint density at radius 2 is 2.33 bits per heavy atom. The summed E-state index contributed by atoms with van der Waals surface area (Å²) in [5.41, 5.74) is 0. The fourth-order valence-electron chi connectivity index (χ4n) is 0.871. The summed E-state index contributed by atoms with van der Waals surface area (Å²) in [5.74, 6) is 0. The van der Waals surface area contributed by atoms with Crippen LogP contribution in [0.25, 0.3) is 0 Å². The van der Waals surface area contributed by atoms with E-state index in [9.17, 15) is 0 Å². The zero-order chi connectivity index (χ0) is 8.81. The van der Waals surface area contributed by atoms with Crippen LogP contribution < -0.4 is 10.6 Å². The van der Waals surface area contributed by atoms with E-state index < -0.39 is 0 Å². The first-order valence-electron chi connectivity index (χ1n) is 3.91. The number of hydrogen-bond acceptors (Lipinski definition) is 3. The van der Waals surface area contributed by atoms with Crippen molar-refractivity contribution in [3.8, 4) is 0 Å². The third kappa shape index (κ3) is 3.67. The van der Waals surface area contributed by atoms with E-state index in [2.05, 4.69) is 38.0 Å². The van der Waals surface area contributed by atoms with Crippen molar-refractivity contribution in [3.05, 3.63) is 20.8 Å². The third-order valence-corrected chi connectivity index (χ3v) is 3.17. The van der Waals surface area contributed by atoms with E-state index in [0.29, 0.717) is 0 Å². The normalized spacial score (nSPS) is 10.5. The lowest BCUT2D eigenvalue weighted by atomic mass is 10.4. The van der Waals surface area contributed by atoms with Gasteiger partial charge in [-0.25, -0.2) is 0 Å². The molecular weight excluding hydrogens is 236 g/mol. The van der Waals surface area contributed by atoms with Gasteiger partial charge in [0.05, 0.1) is 0 Å². The summed E-state index contributed by atoms with van der Waals surface area (Å²) in [7, 11) is 1.96. The molecular formula is C8H13BrN2S. The van der Waals surface area contributed by atoms with Crippen molar-refractivity contribution < 1.29 is 0 Å². The van der Waals surface area contributed by atoms with Gasteiger partial charge in [0, 0.05) is 34.4 Å². The first-order valence-corrected chi connectivity index (χ1v) is 5.58. The lowest BCUT2D eigenvalue weighted by molar-refractivity contribution is 0.655. The molecule has 0 saturated heterocycles. The molecule has 0 aliphatic heterocycles. The molecule has 0 atom stereocenters. The number of rotatable bonds is 5. The fourth-order valence-corrected chi connectivity index (χ4v) is 2.29. The summed E-state index contributed by atoms with van der Waals surface area (Å²) in [4.78, 5) is 1.37. The smallest absolute Gasteiger partial charge is 0.0300 e. The molecule has 1 rings (SSSR count). The predicted molar refractivity (Wildman–Crippen MR) is 57.7 cm³/mol. The maximum Gasteiger partial charge on any atom is 0.0300 e. The molecule has 0 unspecified atom stereocenters. The van der Waals surface area contributed by atoms with Gasteiger partial charge < -0.3 is 10.6 Å². The van der Waals surface area contributed by atoms with Gasteiger partial charge in [-0.15, -0.1) is 11.3 Å². The summed E-state index contributed by atoms with van der Waals surface area (Å²) in [6, 6.07) is 2.15. The Bertz CT molecular complexity index is 225. The molecule has 68 valence electrons. The lowest BCUT2D eigenvalue weighted by Crippen LogP contribution is -2.24. The SMILES string of the molecule is CNCCNCc1cc(Br)cs1. The van der Waals surface area contributed by atoms with Crippen LogP contribution in [0.5, 0.6) is 0 Å². The molecule has 0 spiro atoms. The minimum atomic E-state index is 0.970. The van der Waals surface area contributed by atoms with Crippen LogP contribution in [0.1, 0.15) is 4.88 Å². The predicted octanol–water partition coefficient (Wildman–Crippen LogP) is 1.82. The van der Waals surface area contributed by atoms with Gasteiger partial charge in [-0.05, 0) is 29.0 Å². The van der Waals surface area contributed by atoms with Crippen molar-refractivity contribution in [2.45, 2.75) is 6.54 Å². The van der Waals surface area contributed by atoms with Crippen LogP contribution in [0.4, 0.5) is 0 Å². The van der Waals surface area contributed by atoms with Gasteiger partial charge in [0.2, 0.25) is 0 Å². The average molecular weight is 249 g/mol. The van der Waals surface area contributed by atoms with Crippen LogP contribution in [0, 0.1) is 0 Å². The van der Waals surface area contributed by atoms with E-state index in [1.165, 1.54) is 9.35 Å². The summed E-state index contributed by atoms with van der Waals surface area (Å²) < 4.78 is 1.18. The molecule has 1 aromatic rings. The Labute approximate surface area is 85.5 Å². The average Bonchev–Trinajstić information content (AvgIpc) is 2.45. The van der Waals surface area contributed by atoms with Gasteiger partial charge in [0.25, 0.3) is 0 Å². The van der Waals surface area contributed by atoms with Gasteiger partial charge in [-0.1, -0.05) is 0 Å². The van der Waals surface area contributed by atoms with Crippen molar-refractivity contribution in [3.63, 3.8) is 0 Å². The van der Waals surface area contributed by atoms with Crippen LogP contribution in [-0.4, -0.2) is 20.1 Å². The van der Waals surface area contributed by atoms with Crippen LogP contribution in [-0.2, 0) is 6.54 Å². The van der Waals surface area contributed by atoms with Crippen molar-refractivity contribution in [1.82, 2.24) is 10.6 Å². The second-order valence-corrected chi connectivity index (χ2v) is 4.42. The Hall–Kier alpha value is 0.1000. The molecule has 0 aliphatic carbocycles. The van der Waals surface area contributed by atoms with Gasteiger partial charge in [0.1, 0.15) is 0 Å². The van der Waals surface area contributed by atoms with Gasteiger partial charge in [-0.2, -0.15) is 0 Å². The van der Waals surface area contributed by atoms with E-state index in [1.807, 2.05) is 7.05 Å². The summed E-state index contributed by atoms with van der Waals surface area (Å²) in [6.07, 6.45) is 0. The van der Waals surface area contributed by atoms with E-state index in [-0.39, 0.29) is 0 Å². The Morgan fingerprint density at radius 1 is 1.50 bits per heavy atom. The highest BCUT2D eigenvalue weighted by Gasteiger charge is 1.95. The Morgan fingerprint density at radius 3 is 2.92 bits per heavy atom. The first-order chi connectivity index (χ1) is 5.83. The molecule has 0 amide bonds. The van der Waals surface area contributed by atoms with Crippen molar-refractivity contribution >= 4 is 27.3 Å². The molecule has 2 N–H and O–H groups in total. The number of nitrogens with one attached hydrogen (secondary N) is 2. The fraction of sp³-hybridized carbons (Fsp3) is 0.500. The van der Waals surface area contributed by atoms with Crippen LogP contribution in [0.15, 0.2) is 15.9 Å². The summed E-state index contributed by atoms with van der Waals surface area (Å²) in [6.45, 7) is 3.01. The summed E-state index contributed by atoms with van der Waals surface area (Å²) >= 11 is 5.20. The number of hydrogen-bond donors (Lipinski definition) is 2. The Balaban J connectivity index is 2.15. The van der Waals surface area contributed by atoms with Crippen molar-refractivity contribution in [2.75, 3.05) is 20.1 Å². The maximum absolute atomic E-state index is 3.43. The largest absolute Gasteiger partial charge is 0.318 e. The second-order valence-electron chi connectivity index (χ2n) is 2.51. The van der Waals surface area contributed by atoms with Crippen LogP contribution in [0.2, 0.25) is 0 Å². The quantitative estimate of drug-likeness (QED) is 0.778. The number of thiophene rings is 1. The van der Waals surface area contributed by atoms with E-state index in [1.54, 1.807) is 11.3 Å². The highest BCUT2D eigenvalue weighted by Crippen LogP contribution is 2.19. The van der Waals surface area contributed by atoms with Gasteiger partial charge in [-0.3, -0.25) is 0 Å². The molecule has 1 aromatic heterocycles. The highest BCUT2D eigenvalue weighted by molar-refractivity contribution is 9.10. The second kappa shape index (κ2) is 5.70. The minimum absolute atomic E-state index is 0.970. The van der Waals surface area contributed by atoms with Crippen molar-refractivity contribution in [1.29, 1.82) is 0 Å². The molecule has 0 bridgehead atoms. The number of likely N-dealkylation sites (N-methyl/N-ethyl adjacent to an activating group) is 1. The van der Waals surface area contributed by atoms with Gasteiger partial charge >= 0.3 is 0 Å². The molecule has 0 aromatic carbocycles. The maximum atomic E-state index is 3.43. The number of halogens is 1. The molecule has 2 nitrogen and oxygen atoms in total. The first kappa shape index (κ1) is 10.2. The molecule has 0 radical (unpaired) electrons. The topological polar surface area (TPSA) is 24.1 Å². The molecule has 0 saturated carbocycles. The van der Waals surface area contributed by atoms with E-state index >= 15 is 0 Å². The zero-order valence-corrected chi connectivity index (χ0v) is 9.46.